The van der Waals surface area contributed by atoms with Crippen molar-refractivity contribution >= 4 is 0 Å². The summed E-state index contributed by atoms with van der Waals surface area (Å²) in [4.78, 5) is 2.43. The minimum atomic E-state index is 0.0284. The zero-order valence-electron chi connectivity index (χ0n) is 13.4. The first kappa shape index (κ1) is 16.3. The van der Waals surface area contributed by atoms with Crippen molar-refractivity contribution in [3.8, 4) is 5.75 Å². The third kappa shape index (κ3) is 4.43. The number of morpholine rings is 1. The Hall–Kier alpha value is -1.10. The third-order valence-corrected chi connectivity index (χ3v) is 4.08. The van der Waals surface area contributed by atoms with Crippen molar-refractivity contribution < 1.29 is 9.47 Å². The van der Waals surface area contributed by atoms with Gasteiger partial charge in [-0.05, 0) is 26.3 Å². The van der Waals surface area contributed by atoms with Gasteiger partial charge in [0.25, 0.3) is 0 Å². The van der Waals surface area contributed by atoms with Crippen LogP contribution in [0.15, 0.2) is 24.3 Å². The molecule has 1 aliphatic heterocycles. The maximum absolute atomic E-state index is 6.15. The Kier molecular flexibility index (Phi) is 6.03. The van der Waals surface area contributed by atoms with Gasteiger partial charge in [0.1, 0.15) is 18.5 Å². The van der Waals surface area contributed by atoms with Gasteiger partial charge in [-0.25, -0.2) is 0 Å². The fourth-order valence-electron chi connectivity index (χ4n) is 2.63. The summed E-state index contributed by atoms with van der Waals surface area (Å²) >= 11 is 0. The smallest absolute Gasteiger partial charge is 0.124 e. The van der Waals surface area contributed by atoms with E-state index in [0.717, 1.165) is 37.4 Å². The molecular formula is C17H28N2O2. The molecule has 118 valence electrons. The topological polar surface area (TPSA) is 47.7 Å². The number of nitrogens with two attached hydrogens (primary N) is 1. The lowest BCUT2D eigenvalue weighted by Gasteiger charge is -2.35. The summed E-state index contributed by atoms with van der Waals surface area (Å²) in [6, 6.07) is 8.62. The fraction of sp³-hybridized carbons (Fsp3) is 0.647. The molecule has 1 aromatic rings. The summed E-state index contributed by atoms with van der Waals surface area (Å²) in [5, 5.41) is 0. The van der Waals surface area contributed by atoms with Gasteiger partial charge in [-0.2, -0.15) is 0 Å². The van der Waals surface area contributed by atoms with Crippen LogP contribution in [-0.4, -0.2) is 43.3 Å². The van der Waals surface area contributed by atoms with Crippen LogP contribution in [0.1, 0.15) is 38.8 Å². The van der Waals surface area contributed by atoms with E-state index in [4.69, 9.17) is 15.2 Å². The molecule has 4 nitrogen and oxygen atoms in total. The summed E-state index contributed by atoms with van der Waals surface area (Å²) in [5.74, 6) is 0.886. The Bertz CT molecular complexity index is 437. The highest BCUT2D eigenvalue weighted by Gasteiger charge is 2.23. The van der Waals surface area contributed by atoms with Crippen LogP contribution < -0.4 is 10.5 Å². The molecule has 1 aliphatic rings. The molecule has 2 atom stereocenters. The monoisotopic (exact) mass is 292 g/mol. The largest absolute Gasteiger partial charge is 0.490 e. The van der Waals surface area contributed by atoms with E-state index in [-0.39, 0.29) is 12.1 Å². The molecule has 0 aliphatic carbocycles. The molecule has 0 radical (unpaired) electrons. The van der Waals surface area contributed by atoms with Crippen molar-refractivity contribution in [2.45, 2.75) is 45.4 Å². The highest BCUT2D eigenvalue weighted by atomic mass is 16.5. The predicted octanol–water partition coefficient (Wildman–Crippen LogP) is 2.58. The molecule has 1 unspecified atom stereocenters. The van der Waals surface area contributed by atoms with E-state index in [9.17, 15) is 0 Å². The van der Waals surface area contributed by atoms with Crippen LogP contribution in [0, 0.1) is 0 Å². The van der Waals surface area contributed by atoms with Crippen LogP contribution in [0.5, 0.6) is 5.75 Å². The van der Waals surface area contributed by atoms with Gasteiger partial charge in [-0.1, -0.05) is 25.1 Å². The van der Waals surface area contributed by atoms with Gasteiger partial charge in [-0.15, -0.1) is 0 Å². The van der Waals surface area contributed by atoms with Crippen LogP contribution in [-0.2, 0) is 4.74 Å². The molecule has 1 saturated heterocycles. The first-order chi connectivity index (χ1) is 10.1. The molecule has 0 saturated carbocycles. The van der Waals surface area contributed by atoms with Crippen molar-refractivity contribution in [1.29, 1.82) is 0 Å². The highest BCUT2D eigenvalue weighted by molar-refractivity contribution is 5.35. The minimum Gasteiger partial charge on any atom is -0.490 e. The van der Waals surface area contributed by atoms with Crippen molar-refractivity contribution in [1.82, 2.24) is 4.90 Å². The predicted molar refractivity (Wildman–Crippen MR) is 85.6 cm³/mol. The number of hydrogen-bond donors (Lipinski definition) is 1. The molecule has 0 spiro atoms. The number of para-hydroxylation sites is 1. The van der Waals surface area contributed by atoms with E-state index < -0.39 is 0 Å². The standard InChI is InChI=1S/C17H28N2O2/c1-4-16(18)15-7-5-6-8-17(15)21-12-14-11-19(13(2)3)9-10-20-14/h5-8,13-14,16H,4,9-12,18H2,1-3H3/t14?,16-/m0/s1. The van der Waals surface area contributed by atoms with E-state index in [0.29, 0.717) is 12.6 Å². The summed E-state index contributed by atoms with van der Waals surface area (Å²) in [6.07, 6.45) is 1.04. The highest BCUT2D eigenvalue weighted by Crippen LogP contribution is 2.25. The molecule has 4 heteroatoms. The molecular weight excluding hydrogens is 264 g/mol. The minimum absolute atomic E-state index is 0.0284. The van der Waals surface area contributed by atoms with Crippen molar-refractivity contribution in [3.05, 3.63) is 29.8 Å². The van der Waals surface area contributed by atoms with Crippen molar-refractivity contribution in [2.75, 3.05) is 26.3 Å². The average molecular weight is 292 g/mol. The summed E-state index contributed by atoms with van der Waals surface area (Å²) in [6.45, 7) is 9.83. The van der Waals surface area contributed by atoms with Gasteiger partial charge >= 0.3 is 0 Å². The van der Waals surface area contributed by atoms with Crippen LogP contribution >= 0.6 is 0 Å². The van der Waals surface area contributed by atoms with Crippen molar-refractivity contribution in [3.63, 3.8) is 0 Å². The zero-order valence-corrected chi connectivity index (χ0v) is 13.4. The van der Waals surface area contributed by atoms with Gasteiger partial charge in [-0.3, -0.25) is 4.90 Å². The first-order valence-electron chi connectivity index (χ1n) is 7.94. The summed E-state index contributed by atoms with van der Waals surface area (Å²) in [7, 11) is 0. The second kappa shape index (κ2) is 7.78. The van der Waals surface area contributed by atoms with E-state index in [1.54, 1.807) is 0 Å². The Balaban J connectivity index is 1.94. The van der Waals surface area contributed by atoms with E-state index >= 15 is 0 Å². The lowest BCUT2D eigenvalue weighted by atomic mass is 10.0. The Labute approximate surface area is 128 Å². The Morgan fingerprint density at radius 3 is 2.86 bits per heavy atom. The maximum atomic E-state index is 6.15. The van der Waals surface area contributed by atoms with Gasteiger partial charge in [0.2, 0.25) is 0 Å². The van der Waals surface area contributed by atoms with E-state index in [2.05, 4.69) is 25.7 Å². The molecule has 1 aromatic carbocycles. The van der Waals surface area contributed by atoms with E-state index in [1.807, 2.05) is 24.3 Å². The molecule has 1 fully saturated rings. The van der Waals surface area contributed by atoms with E-state index in [1.165, 1.54) is 0 Å². The third-order valence-electron chi connectivity index (χ3n) is 4.08. The lowest BCUT2D eigenvalue weighted by molar-refractivity contribution is -0.0565. The van der Waals surface area contributed by atoms with Crippen LogP contribution in [0.3, 0.4) is 0 Å². The molecule has 1 heterocycles. The second-order valence-electron chi connectivity index (χ2n) is 5.95. The first-order valence-corrected chi connectivity index (χ1v) is 7.94. The quantitative estimate of drug-likeness (QED) is 0.875. The molecule has 21 heavy (non-hydrogen) atoms. The molecule has 2 rings (SSSR count). The fourth-order valence-corrected chi connectivity index (χ4v) is 2.63. The summed E-state index contributed by atoms with van der Waals surface area (Å²) < 4.78 is 11.8. The number of hydrogen-bond acceptors (Lipinski definition) is 4. The van der Waals surface area contributed by atoms with Crippen LogP contribution in [0.25, 0.3) is 0 Å². The number of benzene rings is 1. The number of rotatable bonds is 6. The van der Waals surface area contributed by atoms with Crippen LogP contribution in [0.4, 0.5) is 0 Å². The number of nitrogens with zero attached hydrogens (tertiary/aromatic N) is 1. The van der Waals surface area contributed by atoms with Crippen LogP contribution in [0.2, 0.25) is 0 Å². The maximum Gasteiger partial charge on any atom is 0.124 e. The normalized spacial score (nSPS) is 21.5. The van der Waals surface area contributed by atoms with Gasteiger partial charge in [0.05, 0.1) is 6.61 Å². The Morgan fingerprint density at radius 1 is 1.38 bits per heavy atom. The molecule has 0 bridgehead atoms. The Morgan fingerprint density at radius 2 is 2.14 bits per heavy atom. The average Bonchev–Trinajstić information content (AvgIpc) is 2.52. The summed E-state index contributed by atoms with van der Waals surface area (Å²) in [5.41, 5.74) is 7.23. The van der Waals surface area contributed by atoms with Gasteiger partial charge in [0, 0.05) is 30.7 Å². The molecule has 0 amide bonds. The molecule has 0 aromatic heterocycles. The number of ether oxygens (including phenoxy) is 2. The van der Waals surface area contributed by atoms with Crippen molar-refractivity contribution in [2.24, 2.45) is 5.73 Å². The molecule has 2 N–H and O–H groups in total. The van der Waals surface area contributed by atoms with Gasteiger partial charge in [0.15, 0.2) is 0 Å². The second-order valence-corrected chi connectivity index (χ2v) is 5.95. The zero-order chi connectivity index (χ0) is 15.2. The van der Waals surface area contributed by atoms with Gasteiger partial charge < -0.3 is 15.2 Å². The lowest BCUT2D eigenvalue weighted by Crippen LogP contribution is -2.47. The SMILES string of the molecule is CC[C@H](N)c1ccccc1OCC1CN(C(C)C)CCO1.